The van der Waals surface area contributed by atoms with Gasteiger partial charge < -0.3 is 9.72 Å². The minimum absolute atomic E-state index is 0.0368. The minimum atomic E-state index is -3.58. The Labute approximate surface area is 176 Å². The smallest absolute Gasteiger partial charge is 0.243 e. The van der Waals surface area contributed by atoms with Crippen LogP contribution in [0.1, 0.15) is 15.9 Å². The Balaban J connectivity index is 1.41. The van der Waals surface area contributed by atoms with Crippen LogP contribution >= 0.6 is 0 Å². The van der Waals surface area contributed by atoms with Crippen LogP contribution in [0, 0.1) is 6.92 Å². The van der Waals surface area contributed by atoms with E-state index >= 15 is 0 Å². The number of para-hydroxylation sites is 1. The lowest BCUT2D eigenvalue weighted by molar-refractivity contribution is 0.0903. The number of carbonyl (C=O) groups is 1. The second-order valence-electron chi connectivity index (χ2n) is 7.48. The largest absolute Gasteiger partial charge is 0.497 e. The van der Waals surface area contributed by atoms with Crippen molar-refractivity contribution in [3.63, 3.8) is 0 Å². The third kappa shape index (κ3) is 3.86. The molecular formula is C22H25N3O4S. The number of hydrogen-bond acceptors (Lipinski definition) is 5. The summed E-state index contributed by atoms with van der Waals surface area (Å²) in [4.78, 5) is 18.2. The first-order chi connectivity index (χ1) is 14.4. The molecule has 0 radical (unpaired) electrons. The third-order valence-corrected chi connectivity index (χ3v) is 7.65. The van der Waals surface area contributed by atoms with Gasteiger partial charge in [-0.25, -0.2) is 8.42 Å². The van der Waals surface area contributed by atoms with E-state index in [0.717, 1.165) is 10.9 Å². The summed E-state index contributed by atoms with van der Waals surface area (Å²) in [7, 11) is -2.03. The van der Waals surface area contributed by atoms with Crippen molar-refractivity contribution in [2.75, 3.05) is 39.8 Å². The molecule has 1 saturated heterocycles. The number of methoxy groups -OCH3 is 1. The van der Waals surface area contributed by atoms with E-state index in [0.29, 0.717) is 48.0 Å². The third-order valence-electron chi connectivity index (χ3n) is 5.59. The topological polar surface area (TPSA) is 82.7 Å². The number of rotatable bonds is 6. The maximum atomic E-state index is 13.1. The summed E-state index contributed by atoms with van der Waals surface area (Å²) in [6.45, 7) is 3.79. The molecule has 1 aromatic heterocycles. The van der Waals surface area contributed by atoms with Crippen LogP contribution in [0.15, 0.2) is 53.6 Å². The van der Waals surface area contributed by atoms with Gasteiger partial charge in [-0.15, -0.1) is 0 Å². The fourth-order valence-electron chi connectivity index (χ4n) is 3.90. The number of ketones is 1. The van der Waals surface area contributed by atoms with Crippen LogP contribution < -0.4 is 4.74 Å². The number of ether oxygens (including phenoxy) is 1. The number of nitrogens with zero attached hydrogens (tertiary/aromatic N) is 2. The first kappa shape index (κ1) is 20.6. The fraction of sp³-hybridized carbons (Fsp3) is 0.318. The average Bonchev–Trinajstić information content (AvgIpc) is 3.18. The van der Waals surface area contributed by atoms with E-state index in [-0.39, 0.29) is 12.3 Å². The number of H-pyrrole nitrogens is 1. The molecule has 8 heteroatoms. The van der Waals surface area contributed by atoms with E-state index in [2.05, 4.69) is 4.98 Å². The van der Waals surface area contributed by atoms with Crippen molar-refractivity contribution in [1.82, 2.24) is 14.2 Å². The normalized spacial score (nSPS) is 16.1. The lowest BCUT2D eigenvalue weighted by Gasteiger charge is -2.33. The molecule has 0 amide bonds. The van der Waals surface area contributed by atoms with Crippen molar-refractivity contribution < 1.29 is 17.9 Å². The molecule has 2 aromatic carbocycles. The summed E-state index contributed by atoms with van der Waals surface area (Å²) in [6.07, 6.45) is 1.75. The Morgan fingerprint density at radius 2 is 1.83 bits per heavy atom. The maximum absolute atomic E-state index is 13.1. The molecule has 0 unspecified atom stereocenters. The van der Waals surface area contributed by atoms with Crippen LogP contribution in [0.25, 0.3) is 10.9 Å². The monoisotopic (exact) mass is 427 g/mol. The highest BCUT2D eigenvalue weighted by Gasteiger charge is 2.30. The van der Waals surface area contributed by atoms with Gasteiger partial charge in [0.15, 0.2) is 5.78 Å². The molecular weight excluding hydrogens is 402 g/mol. The standard InChI is InChI=1S/C22H25N3O4S/c1-16-13-17(29-2)7-8-22(16)30(27,28)25-11-9-24(10-12-25)15-21(26)19-14-23-20-6-4-3-5-18(19)20/h3-8,13-14,23H,9-12,15H2,1-2H3. The molecule has 0 saturated carbocycles. The molecule has 1 fully saturated rings. The zero-order valence-electron chi connectivity index (χ0n) is 17.1. The number of sulfonamides is 1. The summed E-state index contributed by atoms with van der Waals surface area (Å²) >= 11 is 0. The van der Waals surface area contributed by atoms with Crippen molar-refractivity contribution in [1.29, 1.82) is 0 Å². The van der Waals surface area contributed by atoms with Gasteiger partial charge in [0.25, 0.3) is 0 Å². The highest BCUT2D eigenvalue weighted by Crippen LogP contribution is 2.25. The molecule has 3 aromatic rings. The summed E-state index contributed by atoms with van der Waals surface area (Å²) in [5.41, 5.74) is 2.27. The van der Waals surface area contributed by atoms with E-state index < -0.39 is 10.0 Å². The molecule has 1 N–H and O–H groups in total. The van der Waals surface area contributed by atoms with E-state index in [4.69, 9.17) is 4.74 Å². The van der Waals surface area contributed by atoms with Crippen LogP contribution in [0.3, 0.4) is 0 Å². The van der Waals surface area contributed by atoms with Crippen LogP contribution in [-0.4, -0.2) is 68.2 Å². The number of Topliss-reactive ketones (excluding diaryl/α,β-unsaturated/α-hetero) is 1. The molecule has 4 rings (SSSR count). The minimum Gasteiger partial charge on any atom is -0.497 e. The van der Waals surface area contributed by atoms with Crippen LogP contribution in [0.4, 0.5) is 0 Å². The van der Waals surface area contributed by atoms with Crippen LogP contribution in [0.2, 0.25) is 0 Å². The number of carbonyl (C=O) groups excluding carboxylic acids is 1. The number of aryl methyl sites for hydroxylation is 1. The van der Waals surface area contributed by atoms with Gasteiger partial charge in [0, 0.05) is 48.8 Å². The zero-order valence-corrected chi connectivity index (χ0v) is 17.9. The molecule has 0 atom stereocenters. The molecule has 0 bridgehead atoms. The Hall–Kier alpha value is -2.68. The molecule has 1 aliphatic heterocycles. The van der Waals surface area contributed by atoms with E-state index in [1.807, 2.05) is 29.2 Å². The van der Waals surface area contributed by atoms with Gasteiger partial charge in [-0.1, -0.05) is 18.2 Å². The number of piperazine rings is 1. The molecule has 2 heterocycles. The highest BCUT2D eigenvalue weighted by molar-refractivity contribution is 7.89. The fourth-order valence-corrected chi connectivity index (χ4v) is 5.52. The van der Waals surface area contributed by atoms with Crippen molar-refractivity contribution in [2.45, 2.75) is 11.8 Å². The quantitative estimate of drug-likeness (QED) is 0.612. The SMILES string of the molecule is COc1ccc(S(=O)(=O)N2CCN(CC(=O)c3c[nH]c4ccccc34)CC2)c(C)c1. The van der Waals surface area contributed by atoms with Crippen LogP contribution in [-0.2, 0) is 10.0 Å². The van der Waals surface area contributed by atoms with Gasteiger partial charge in [-0.3, -0.25) is 9.69 Å². The number of aromatic amines is 1. The molecule has 0 spiro atoms. The lowest BCUT2D eigenvalue weighted by Crippen LogP contribution is -2.49. The van der Waals surface area contributed by atoms with E-state index in [1.54, 1.807) is 38.4 Å². The van der Waals surface area contributed by atoms with Gasteiger partial charge in [0.2, 0.25) is 10.0 Å². The second kappa shape index (κ2) is 8.22. The number of fused-ring (bicyclic) bond motifs is 1. The molecule has 7 nitrogen and oxygen atoms in total. The zero-order chi connectivity index (χ0) is 21.3. The van der Waals surface area contributed by atoms with Gasteiger partial charge in [-0.2, -0.15) is 4.31 Å². The van der Waals surface area contributed by atoms with Crippen molar-refractivity contribution in [3.8, 4) is 5.75 Å². The summed E-state index contributed by atoms with van der Waals surface area (Å²) in [6, 6.07) is 12.7. The number of benzene rings is 2. The van der Waals surface area contributed by atoms with Gasteiger partial charge in [0.1, 0.15) is 5.75 Å². The van der Waals surface area contributed by atoms with Crippen molar-refractivity contribution >= 4 is 26.7 Å². The maximum Gasteiger partial charge on any atom is 0.243 e. The molecule has 30 heavy (non-hydrogen) atoms. The molecule has 1 aliphatic rings. The van der Waals surface area contributed by atoms with Gasteiger partial charge >= 0.3 is 0 Å². The number of aromatic nitrogens is 1. The van der Waals surface area contributed by atoms with Gasteiger partial charge in [0.05, 0.1) is 18.6 Å². The number of nitrogens with one attached hydrogen (secondary N) is 1. The summed E-state index contributed by atoms with van der Waals surface area (Å²) in [5.74, 6) is 0.668. The second-order valence-corrected chi connectivity index (χ2v) is 9.39. The first-order valence-electron chi connectivity index (χ1n) is 9.86. The molecule has 0 aliphatic carbocycles. The highest BCUT2D eigenvalue weighted by atomic mass is 32.2. The number of hydrogen-bond donors (Lipinski definition) is 1. The van der Waals surface area contributed by atoms with Crippen LogP contribution in [0.5, 0.6) is 5.75 Å². The van der Waals surface area contributed by atoms with E-state index in [1.165, 1.54) is 4.31 Å². The Kier molecular flexibility index (Phi) is 5.64. The summed E-state index contributed by atoms with van der Waals surface area (Å²) < 4.78 is 32.8. The Morgan fingerprint density at radius 3 is 2.53 bits per heavy atom. The Morgan fingerprint density at radius 1 is 1.10 bits per heavy atom. The Bertz CT molecular complexity index is 1180. The predicted octanol–water partition coefficient (Wildman–Crippen LogP) is 2.67. The van der Waals surface area contributed by atoms with Crippen molar-refractivity contribution in [3.05, 3.63) is 59.8 Å². The first-order valence-corrected chi connectivity index (χ1v) is 11.3. The van der Waals surface area contributed by atoms with Gasteiger partial charge in [-0.05, 0) is 36.8 Å². The average molecular weight is 428 g/mol. The predicted molar refractivity (Wildman–Crippen MR) is 116 cm³/mol. The van der Waals surface area contributed by atoms with Crippen molar-refractivity contribution in [2.24, 2.45) is 0 Å². The van der Waals surface area contributed by atoms with E-state index in [9.17, 15) is 13.2 Å². The molecule has 158 valence electrons. The lowest BCUT2D eigenvalue weighted by atomic mass is 10.1. The summed E-state index contributed by atoms with van der Waals surface area (Å²) in [5, 5.41) is 0.915.